The normalized spacial score (nSPS) is 9.83. The van der Waals surface area contributed by atoms with Crippen LogP contribution < -0.4 is 0 Å². The van der Waals surface area contributed by atoms with Gasteiger partial charge in [0.25, 0.3) is 0 Å². The first-order valence-electron chi connectivity index (χ1n) is 1.76. The Morgan fingerprint density at radius 2 is 2.17 bits per heavy atom. The van der Waals surface area contributed by atoms with Crippen molar-refractivity contribution >= 4 is 11.9 Å². The molecule has 0 fully saturated rings. The van der Waals surface area contributed by atoms with Gasteiger partial charge in [0.05, 0.1) is 6.10 Å². The summed E-state index contributed by atoms with van der Waals surface area (Å²) in [4.78, 5) is 0. The van der Waals surface area contributed by atoms with Crippen LogP contribution in [0.5, 0.6) is 0 Å². The zero-order chi connectivity index (χ0) is 4.99. The van der Waals surface area contributed by atoms with Gasteiger partial charge in [-0.1, -0.05) is 0 Å². The molecule has 0 aliphatic rings. The molecule has 0 heterocycles. The molecule has 0 atom stereocenters. The summed E-state index contributed by atoms with van der Waals surface area (Å²) < 4.78 is 13.9. The van der Waals surface area contributed by atoms with Crippen molar-refractivity contribution in [3.63, 3.8) is 0 Å². The van der Waals surface area contributed by atoms with Crippen molar-refractivity contribution in [1.82, 2.24) is 0 Å². The maximum absolute atomic E-state index is 9.49. The first-order valence-corrected chi connectivity index (χ1v) is 2.49. The van der Waals surface area contributed by atoms with E-state index in [0.29, 0.717) is 0 Å². The summed E-state index contributed by atoms with van der Waals surface area (Å²) in [5.41, 5.74) is 0. The highest BCUT2D eigenvalue weighted by molar-refractivity contribution is 7.60. The van der Waals surface area contributed by atoms with Crippen LogP contribution >= 0.6 is 0 Å². The molecule has 0 N–H and O–H groups in total. The Balaban J connectivity index is 2.81. The van der Waals surface area contributed by atoms with E-state index < -0.39 is 0 Å². The highest BCUT2D eigenvalue weighted by Gasteiger charge is 1.84. The highest BCUT2D eigenvalue weighted by atomic mass is 32.2. The van der Waals surface area contributed by atoms with Crippen molar-refractivity contribution in [1.29, 1.82) is 0 Å². The van der Waals surface area contributed by atoms with Crippen LogP contribution in [0.25, 0.3) is 0 Å². The Labute approximate surface area is 41.2 Å². The van der Waals surface area contributed by atoms with E-state index in [1.165, 1.54) is 0 Å². The van der Waals surface area contributed by atoms with Gasteiger partial charge in [-0.05, 0) is 13.8 Å². The van der Waals surface area contributed by atoms with Gasteiger partial charge in [-0.15, -0.1) is 0 Å². The van der Waals surface area contributed by atoms with Crippen LogP contribution in [0.15, 0.2) is 0 Å². The molecule has 0 aromatic heterocycles. The Morgan fingerprint density at radius 3 is 2.17 bits per heavy atom. The van der Waals surface area contributed by atoms with Crippen LogP contribution in [0.3, 0.4) is 0 Å². The molecule has 0 saturated heterocycles. The fourth-order valence-electron chi connectivity index (χ4n) is 0.0861. The van der Waals surface area contributed by atoms with Gasteiger partial charge >= 0.3 is 0 Å². The molecule has 0 spiro atoms. The van der Waals surface area contributed by atoms with Crippen LogP contribution in [0.4, 0.5) is 0 Å². The van der Waals surface area contributed by atoms with Gasteiger partial charge in [0.15, 0.2) is 0 Å². The first kappa shape index (κ1) is 6.11. The summed E-state index contributed by atoms with van der Waals surface area (Å²) in [6.45, 7) is 3.65. The lowest BCUT2D eigenvalue weighted by Crippen LogP contribution is -1.95. The second-order valence-electron chi connectivity index (χ2n) is 1.23. The van der Waals surface area contributed by atoms with Crippen LogP contribution in [0.2, 0.25) is 0 Å². The van der Waals surface area contributed by atoms with Crippen LogP contribution in [-0.2, 0) is 16.1 Å². The van der Waals surface area contributed by atoms with E-state index in [1.54, 1.807) is 0 Å². The molecular weight excluding hydrogens is 100 g/mol. The SMILES string of the molecule is CC(C)O[SH]=O. The molecule has 0 saturated carbocycles. The quantitative estimate of drug-likeness (QED) is 0.514. The number of hydrogen-bond acceptors (Lipinski definition) is 2. The minimum absolute atomic E-state index is 0.0733. The minimum atomic E-state index is -0.226. The molecule has 2 nitrogen and oxygen atoms in total. The first-order chi connectivity index (χ1) is 2.77. The topological polar surface area (TPSA) is 26.3 Å². The summed E-state index contributed by atoms with van der Waals surface area (Å²) in [6.07, 6.45) is 0.0733. The molecule has 0 amide bonds. The zero-order valence-corrected chi connectivity index (χ0v) is 4.74. The third kappa shape index (κ3) is 4.11. The average Bonchev–Trinajstić information content (AvgIpc) is 1.35. The van der Waals surface area contributed by atoms with Gasteiger partial charge in [-0.2, -0.15) is 0 Å². The highest BCUT2D eigenvalue weighted by Crippen LogP contribution is 1.81. The van der Waals surface area contributed by atoms with E-state index in [0.717, 1.165) is 0 Å². The number of rotatable bonds is 2. The van der Waals surface area contributed by atoms with Gasteiger partial charge in [-0.3, -0.25) is 4.18 Å². The van der Waals surface area contributed by atoms with E-state index in [4.69, 9.17) is 0 Å². The van der Waals surface area contributed by atoms with Gasteiger partial charge in [0, 0.05) is 0 Å². The lowest BCUT2D eigenvalue weighted by molar-refractivity contribution is 0.279. The monoisotopic (exact) mass is 108 g/mol. The van der Waals surface area contributed by atoms with Crippen molar-refractivity contribution in [3.8, 4) is 0 Å². The Morgan fingerprint density at radius 1 is 1.67 bits per heavy atom. The average molecular weight is 108 g/mol. The lowest BCUT2D eigenvalue weighted by atomic mass is 10.5. The van der Waals surface area contributed by atoms with Gasteiger partial charge in [0.1, 0.15) is 11.9 Å². The molecule has 3 heteroatoms. The van der Waals surface area contributed by atoms with Crippen molar-refractivity contribution in [2.24, 2.45) is 0 Å². The molecule has 6 heavy (non-hydrogen) atoms. The fraction of sp³-hybridized carbons (Fsp3) is 1.00. The summed E-state index contributed by atoms with van der Waals surface area (Å²) in [5, 5.41) is 0. The molecule has 0 aliphatic heterocycles. The van der Waals surface area contributed by atoms with Crippen molar-refractivity contribution in [2.75, 3.05) is 0 Å². The van der Waals surface area contributed by atoms with Gasteiger partial charge in [-0.25, -0.2) is 4.21 Å². The summed E-state index contributed by atoms with van der Waals surface area (Å²) in [7, 11) is 0. The lowest BCUT2D eigenvalue weighted by Gasteiger charge is -1.92. The molecule has 0 unspecified atom stereocenters. The minimum Gasteiger partial charge on any atom is -0.290 e. The van der Waals surface area contributed by atoms with E-state index >= 15 is 0 Å². The van der Waals surface area contributed by atoms with Crippen molar-refractivity contribution < 1.29 is 8.39 Å². The number of thiol groups is 1. The maximum Gasteiger partial charge on any atom is 0.142 e. The fourth-order valence-corrected chi connectivity index (χ4v) is 0.258. The molecule has 0 radical (unpaired) electrons. The van der Waals surface area contributed by atoms with Crippen molar-refractivity contribution in [2.45, 2.75) is 20.0 Å². The molecule has 0 bridgehead atoms. The van der Waals surface area contributed by atoms with Crippen LogP contribution in [-0.4, -0.2) is 10.3 Å². The summed E-state index contributed by atoms with van der Waals surface area (Å²) in [6, 6.07) is 0. The zero-order valence-electron chi connectivity index (χ0n) is 3.84. The molecule has 38 valence electrons. The molecule has 0 rings (SSSR count). The van der Waals surface area contributed by atoms with Crippen molar-refractivity contribution in [3.05, 3.63) is 0 Å². The van der Waals surface area contributed by atoms with Gasteiger partial charge < -0.3 is 0 Å². The predicted molar refractivity (Wildman–Crippen MR) is 25.8 cm³/mol. The van der Waals surface area contributed by atoms with E-state index in [1.807, 2.05) is 13.8 Å². The Hall–Kier alpha value is 0.110. The Kier molecular flexibility index (Phi) is 3.37. The molecule has 0 aliphatic carbocycles. The van der Waals surface area contributed by atoms with Gasteiger partial charge in [0.2, 0.25) is 0 Å². The summed E-state index contributed by atoms with van der Waals surface area (Å²) >= 11 is -0.226. The maximum atomic E-state index is 9.49. The molecule has 0 aromatic rings. The van der Waals surface area contributed by atoms with Crippen LogP contribution in [0.1, 0.15) is 13.8 Å². The molecular formula is C3H8O2S. The second kappa shape index (κ2) is 3.31. The number of hydrogen-bond donors (Lipinski definition) is 1. The third-order valence-corrected chi connectivity index (χ3v) is 0.762. The van der Waals surface area contributed by atoms with E-state index in [2.05, 4.69) is 4.18 Å². The smallest absolute Gasteiger partial charge is 0.142 e. The summed E-state index contributed by atoms with van der Waals surface area (Å²) in [5.74, 6) is 0. The van der Waals surface area contributed by atoms with E-state index in [9.17, 15) is 4.21 Å². The second-order valence-corrected chi connectivity index (χ2v) is 1.59. The van der Waals surface area contributed by atoms with E-state index in [-0.39, 0.29) is 18.1 Å². The van der Waals surface area contributed by atoms with Crippen LogP contribution in [0, 0.1) is 0 Å². The Bertz CT molecular complexity index is 44.1. The third-order valence-electron chi connectivity index (χ3n) is 0.254. The largest absolute Gasteiger partial charge is 0.290 e. The predicted octanol–water partition coefficient (Wildman–Crippen LogP) is 0.272. The molecule has 0 aromatic carbocycles. The standard InChI is InChI=1S/C3H8O2S/c1-3(2)5-6-4/h3,6H,1-2H3.